The second-order valence-corrected chi connectivity index (χ2v) is 10.1. The average molecular weight is 638 g/mol. The molecule has 3 aromatic rings. The molecule has 4 rings (SSSR count). The van der Waals surface area contributed by atoms with E-state index in [9.17, 15) is 9.59 Å². The van der Waals surface area contributed by atoms with Gasteiger partial charge in [-0.3, -0.25) is 4.79 Å². The van der Waals surface area contributed by atoms with Gasteiger partial charge in [-0.25, -0.2) is 10.2 Å². The van der Waals surface area contributed by atoms with Gasteiger partial charge in [0, 0.05) is 11.3 Å². The molecule has 0 bridgehead atoms. The molecule has 0 aliphatic carbocycles. The van der Waals surface area contributed by atoms with Crippen LogP contribution in [-0.4, -0.2) is 36.4 Å². The molecular formula is C30H29BrN4O5S. The molecule has 0 radical (unpaired) electrons. The van der Waals surface area contributed by atoms with Gasteiger partial charge in [-0.1, -0.05) is 48.5 Å². The molecule has 0 saturated heterocycles. The van der Waals surface area contributed by atoms with Gasteiger partial charge in [0.2, 0.25) is 0 Å². The maximum absolute atomic E-state index is 12.7. The topological polar surface area (TPSA) is 110 Å². The number of carbonyl (C=O) groups excluding carboxylic acids is 2. The van der Waals surface area contributed by atoms with Crippen molar-refractivity contribution in [3.8, 4) is 11.5 Å². The van der Waals surface area contributed by atoms with Crippen LogP contribution in [0.2, 0.25) is 0 Å². The van der Waals surface area contributed by atoms with E-state index in [2.05, 4.69) is 37.1 Å². The Hall–Kier alpha value is -4.22. The van der Waals surface area contributed by atoms with Gasteiger partial charge in [0.05, 0.1) is 28.9 Å². The Labute approximate surface area is 252 Å². The highest BCUT2D eigenvalue weighted by atomic mass is 79.9. The van der Waals surface area contributed by atoms with Crippen molar-refractivity contribution >= 4 is 51.4 Å². The molecule has 1 amide bonds. The molecule has 1 heterocycles. The van der Waals surface area contributed by atoms with Crippen molar-refractivity contribution in [2.75, 3.05) is 13.2 Å². The number of halogens is 1. The fraction of sp³-hybridized carbons (Fsp3) is 0.200. The number of rotatable bonds is 11. The molecule has 0 unspecified atom stereocenters. The smallest absolute Gasteiger partial charge is 0.338 e. The highest BCUT2D eigenvalue weighted by molar-refractivity contribution is 9.10. The fourth-order valence-corrected chi connectivity index (χ4v) is 4.84. The maximum Gasteiger partial charge on any atom is 0.338 e. The fourth-order valence-electron chi connectivity index (χ4n) is 4.06. The summed E-state index contributed by atoms with van der Waals surface area (Å²) in [6.07, 6.45) is 1.52. The number of para-hydroxylation sites is 1. The van der Waals surface area contributed by atoms with Gasteiger partial charge in [0.1, 0.15) is 18.1 Å². The Morgan fingerprint density at radius 2 is 1.80 bits per heavy atom. The van der Waals surface area contributed by atoms with Crippen LogP contribution >= 0.6 is 28.1 Å². The number of hydrazone groups is 1. The Kier molecular flexibility index (Phi) is 10.5. The second-order valence-electron chi connectivity index (χ2n) is 8.87. The monoisotopic (exact) mass is 636 g/mol. The van der Waals surface area contributed by atoms with Crippen molar-refractivity contribution in [1.82, 2.24) is 16.1 Å². The van der Waals surface area contributed by atoms with Crippen LogP contribution in [0.5, 0.6) is 11.5 Å². The lowest BCUT2D eigenvalue weighted by atomic mass is 9.95. The number of nitrogens with zero attached hydrogens (tertiary/aromatic N) is 1. The molecule has 11 heteroatoms. The van der Waals surface area contributed by atoms with Gasteiger partial charge in [0.25, 0.3) is 5.91 Å². The Morgan fingerprint density at radius 3 is 2.56 bits per heavy atom. The third-order valence-corrected chi connectivity index (χ3v) is 6.79. The molecule has 0 saturated carbocycles. The lowest BCUT2D eigenvalue weighted by molar-refractivity contribution is -0.139. The Bertz CT molecular complexity index is 1480. The minimum atomic E-state index is -0.613. The quantitative estimate of drug-likeness (QED) is 0.118. The molecule has 1 aliphatic rings. The van der Waals surface area contributed by atoms with Gasteiger partial charge < -0.3 is 24.8 Å². The highest BCUT2D eigenvalue weighted by Crippen LogP contribution is 2.33. The number of esters is 1. The zero-order chi connectivity index (χ0) is 29.2. The summed E-state index contributed by atoms with van der Waals surface area (Å²) in [5.41, 5.74) is 5.90. The first-order valence-corrected chi connectivity index (χ1v) is 14.0. The van der Waals surface area contributed by atoms with Crippen LogP contribution in [0.15, 0.2) is 93.6 Å². The summed E-state index contributed by atoms with van der Waals surface area (Å²) in [5, 5.41) is 10.5. The summed E-state index contributed by atoms with van der Waals surface area (Å²) in [6, 6.07) is 21.9. The summed E-state index contributed by atoms with van der Waals surface area (Å²) >= 11 is 8.83. The van der Waals surface area contributed by atoms with Crippen LogP contribution in [0.1, 0.15) is 36.6 Å². The largest absolute Gasteiger partial charge is 0.488 e. The van der Waals surface area contributed by atoms with Crippen molar-refractivity contribution in [1.29, 1.82) is 0 Å². The van der Waals surface area contributed by atoms with Gasteiger partial charge in [-0.15, -0.1) is 0 Å². The average Bonchev–Trinajstić information content (AvgIpc) is 2.96. The predicted molar refractivity (Wildman–Crippen MR) is 164 cm³/mol. The number of hydrogen-bond donors (Lipinski definition) is 3. The van der Waals surface area contributed by atoms with Crippen LogP contribution in [0.25, 0.3) is 0 Å². The molecule has 1 aliphatic heterocycles. The van der Waals surface area contributed by atoms with Crippen molar-refractivity contribution in [2.24, 2.45) is 5.10 Å². The van der Waals surface area contributed by atoms with E-state index in [4.69, 9.17) is 26.4 Å². The molecule has 212 valence electrons. The minimum Gasteiger partial charge on any atom is -0.488 e. The number of amides is 1. The van der Waals surface area contributed by atoms with Crippen molar-refractivity contribution in [3.63, 3.8) is 0 Å². The zero-order valence-corrected chi connectivity index (χ0v) is 24.9. The molecule has 9 nitrogen and oxygen atoms in total. The number of thiocarbonyl (C=S) groups is 1. The first-order chi connectivity index (χ1) is 19.9. The van der Waals surface area contributed by atoms with Crippen LogP contribution in [-0.2, 0) is 20.9 Å². The van der Waals surface area contributed by atoms with E-state index >= 15 is 0 Å². The van der Waals surface area contributed by atoms with E-state index in [1.54, 1.807) is 32.0 Å². The van der Waals surface area contributed by atoms with Gasteiger partial charge in [-0.2, -0.15) is 5.10 Å². The third kappa shape index (κ3) is 8.15. The lowest BCUT2D eigenvalue weighted by Crippen LogP contribution is -2.45. The van der Waals surface area contributed by atoms with Crippen LogP contribution in [0.3, 0.4) is 0 Å². The van der Waals surface area contributed by atoms with Crippen molar-refractivity contribution in [3.05, 3.63) is 105 Å². The first kappa shape index (κ1) is 29.8. The molecule has 1 atom stereocenters. The van der Waals surface area contributed by atoms with Crippen LogP contribution in [0, 0.1) is 0 Å². The van der Waals surface area contributed by atoms with Crippen molar-refractivity contribution in [2.45, 2.75) is 26.5 Å². The summed E-state index contributed by atoms with van der Waals surface area (Å²) in [5.74, 6) is 0.187. The van der Waals surface area contributed by atoms with E-state index in [0.29, 0.717) is 40.1 Å². The predicted octanol–water partition coefficient (Wildman–Crippen LogP) is 4.91. The molecular weight excluding hydrogens is 608 g/mol. The third-order valence-electron chi connectivity index (χ3n) is 5.95. The van der Waals surface area contributed by atoms with Crippen LogP contribution < -0.4 is 25.5 Å². The van der Waals surface area contributed by atoms with Gasteiger partial charge in [0.15, 0.2) is 11.7 Å². The Morgan fingerprint density at radius 1 is 1.05 bits per heavy atom. The SMILES string of the molecule is CCOC(=O)C1=C(C)NC(=S)N[C@H]1c1ccccc1OCC(=O)NN=Cc1ccc(OCc2ccccc2)c(Br)c1. The zero-order valence-electron chi connectivity index (χ0n) is 22.5. The molecule has 41 heavy (non-hydrogen) atoms. The summed E-state index contributed by atoms with van der Waals surface area (Å²) in [4.78, 5) is 25.2. The minimum absolute atomic E-state index is 0.231. The summed E-state index contributed by atoms with van der Waals surface area (Å²) < 4.78 is 17.7. The number of carbonyl (C=O) groups is 2. The van der Waals surface area contributed by atoms with E-state index < -0.39 is 17.9 Å². The number of allylic oxidation sites excluding steroid dienone is 1. The van der Waals surface area contributed by atoms with Crippen molar-refractivity contribution < 1.29 is 23.8 Å². The molecule has 0 spiro atoms. The van der Waals surface area contributed by atoms with E-state index in [-0.39, 0.29) is 13.2 Å². The normalized spacial score (nSPS) is 14.7. The van der Waals surface area contributed by atoms with E-state index in [1.807, 2.05) is 54.6 Å². The molecule has 0 aromatic heterocycles. The van der Waals surface area contributed by atoms with Gasteiger partial charge in [-0.05, 0) is 77.4 Å². The second kappa shape index (κ2) is 14.4. The number of benzene rings is 3. The Balaban J connectivity index is 1.35. The standard InChI is InChI=1S/C30H29BrN4O5S/c1-3-38-29(37)27-19(2)33-30(41)34-28(27)22-11-7-8-12-24(22)40-18-26(36)35-32-16-21-13-14-25(23(31)15-21)39-17-20-9-5-4-6-10-20/h4-16,28H,3,17-18H2,1-2H3,(H,35,36)(H2,33,34,41)/t28-/m0/s1. The summed E-state index contributed by atoms with van der Waals surface area (Å²) in [6.45, 7) is 3.88. The number of hydrogen-bond acceptors (Lipinski definition) is 7. The van der Waals surface area contributed by atoms with E-state index in [1.165, 1.54) is 6.21 Å². The van der Waals surface area contributed by atoms with Gasteiger partial charge >= 0.3 is 5.97 Å². The molecule has 0 fully saturated rings. The highest BCUT2D eigenvalue weighted by Gasteiger charge is 2.32. The van der Waals surface area contributed by atoms with Crippen LogP contribution in [0.4, 0.5) is 0 Å². The molecule has 3 aromatic carbocycles. The first-order valence-electron chi connectivity index (χ1n) is 12.8. The maximum atomic E-state index is 12.7. The number of nitrogens with one attached hydrogen (secondary N) is 3. The number of ether oxygens (including phenoxy) is 3. The van der Waals surface area contributed by atoms with E-state index in [0.717, 1.165) is 15.6 Å². The molecule has 3 N–H and O–H groups in total. The lowest BCUT2D eigenvalue weighted by Gasteiger charge is -2.30. The summed E-state index contributed by atoms with van der Waals surface area (Å²) in [7, 11) is 0.